The summed E-state index contributed by atoms with van der Waals surface area (Å²) in [6.07, 6.45) is 0. The largest absolute Gasteiger partial charge is 0.309 e. The smallest absolute Gasteiger partial charge is 0.0541 e. The summed E-state index contributed by atoms with van der Waals surface area (Å²) in [7, 11) is 0. The Bertz CT molecular complexity index is 3420. The summed E-state index contributed by atoms with van der Waals surface area (Å²) in [5.74, 6) is 0. The van der Waals surface area contributed by atoms with E-state index in [-0.39, 0.29) is 0 Å². The van der Waals surface area contributed by atoms with Gasteiger partial charge in [-0.1, -0.05) is 121 Å². The Labute approximate surface area is 317 Å². The van der Waals surface area contributed by atoms with Gasteiger partial charge in [0.2, 0.25) is 0 Å². The third kappa shape index (κ3) is 4.38. The summed E-state index contributed by atoms with van der Waals surface area (Å²) in [6.45, 7) is 0. The van der Waals surface area contributed by atoms with Crippen molar-refractivity contribution < 1.29 is 0 Å². The van der Waals surface area contributed by atoms with Crippen molar-refractivity contribution in [3.63, 3.8) is 0 Å². The average molecular weight is 700 g/mol. The summed E-state index contributed by atoms with van der Waals surface area (Å²) >= 11 is 0. The van der Waals surface area contributed by atoms with Crippen LogP contribution in [-0.4, -0.2) is 13.7 Å². The lowest BCUT2D eigenvalue weighted by Gasteiger charge is -2.12. The molecule has 3 heterocycles. The highest BCUT2D eigenvalue weighted by Gasteiger charge is 2.18. The van der Waals surface area contributed by atoms with Gasteiger partial charge in [0, 0.05) is 49.1 Å². The molecular formula is C52H33N3. The van der Waals surface area contributed by atoms with E-state index in [0.29, 0.717) is 0 Å². The Kier molecular flexibility index (Phi) is 6.34. The fourth-order valence-corrected chi connectivity index (χ4v) is 9.20. The van der Waals surface area contributed by atoms with Crippen LogP contribution in [0.15, 0.2) is 200 Å². The molecule has 0 aliphatic rings. The van der Waals surface area contributed by atoms with Crippen molar-refractivity contribution in [2.75, 3.05) is 0 Å². The van der Waals surface area contributed by atoms with Crippen LogP contribution < -0.4 is 0 Å². The second kappa shape index (κ2) is 11.6. The third-order valence-corrected chi connectivity index (χ3v) is 11.6. The van der Waals surface area contributed by atoms with Gasteiger partial charge in [-0.25, -0.2) is 0 Å². The van der Waals surface area contributed by atoms with Gasteiger partial charge in [-0.2, -0.15) is 0 Å². The third-order valence-electron chi connectivity index (χ3n) is 11.6. The molecule has 3 aromatic heterocycles. The second-order valence-corrected chi connectivity index (χ2v) is 14.6. The molecule has 0 bridgehead atoms. The lowest BCUT2D eigenvalue weighted by atomic mass is 10.0. The quantitative estimate of drug-likeness (QED) is 0.174. The minimum atomic E-state index is 1.14. The molecule has 0 spiro atoms. The first-order valence-electron chi connectivity index (χ1n) is 18.9. The van der Waals surface area contributed by atoms with Gasteiger partial charge in [0.1, 0.15) is 0 Å². The SMILES string of the molecule is c1ccc2c(-n3c4ccccc4c4cc(-c5ccc6c(c5)c5ccccc5n6-c5ccc(-n6c7ccccc7c7ccccc76)cc5)ccc43)cccc2c1. The monoisotopic (exact) mass is 699 g/mol. The molecule has 0 aliphatic heterocycles. The molecule has 0 atom stereocenters. The molecule has 256 valence electrons. The van der Waals surface area contributed by atoms with Crippen molar-refractivity contribution in [3.8, 4) is 28.2 Å². The number of benzene rings is 9. The van der Waals surface area contributed by atoms with Crippen molar-refractivity contribution in [2.24, 2.45) is 0 Å². The maximum absolute atomic E-state index is 2.43. The molecule has 3 heteroatoms. The van der Waals surface area contributed by atoms with Gasteiger partial charge in [0.05, 0.1) is 38.8 Å². The second-order valence-electron chi connectivity index (χ2n) is 14.6. The lowest BCUT2D eigenvalue weighted by molar-refractivity contribution is 1.14. The molecular weight excluding hydrogens is 667 g/mol. The van der Waals surface area contributed by atoms with Gasteiger partial charge < -0.3 is 13.7 Å². The van der Waals surface area contributed by atoms with E-state index in [1.165, 1.54) is 93.0 Å². The van der Waals surface area contributed by atoms with E-state index in [1.54, 1.807) is 0 Å². The van der Waals surface area contributed by atoms with Crippen LogP contribution in [0.3, 0.4) is 0 Å². The van der Waals surface area contributed by atoms with E-state index in [1.807, 2.05) is 0 Å². The Balaban J connectivity index is 0.997. The zero-order valence-electron chi connectivity index (χ0n) is 29.9. The number of nitrogens with zero attached hydrogens (tertiary/aromatic N) is 3. The van der Waals surface area contributed by atoms with E-state index >= 15 is 0 Å². The average Bonchev–Trinajstić information content (AvgIpc) is 3.89. The summed E-state index contributed by atoms with van der Waals surface area (Å²) in [4.78, 5) is 0. The highest BCUT2D eigenvalue weighted by molar-refractivity contribution is 6.14. The van der Waals surface area contributed by atoms with Crippen molar-refractivity contribution in [3.05, 3.63) is 200 Å². The lowest BCUT2D eigenvalue weighted by Crippen LogP contribution is -1.97. The Hall–Kier alpha value is -7.36. The number of rotatable bonds is 4. The summed E-state index contributed by atoms with van der Waals surface area (Å²) in [6, 6.07) is 73.2. The molecule has 0 radical (unpaired) electrons. The molecule has 0 N–H and O–H groups in total. The van der Waals surface area contributed by atoms with Gasteiger partial charge in [0.15, 0.2) is 0 Å². The number of hydrogen-bond acceptors (Lipinski definition) is 0. The number of hydrogen-bond donors (Lipinski definition) is 0. The van der Waals surface area contributed by atoms with Crippen molar-refractivity contribution in [2.45, 2.75) is 0 Å². The molecule has 12 rings (SSSR count). The molecule has 9 aromatic carbocycles. The molecule has 55 heavy (non-hydrogen) atoms. The van der Waals surface area contributed by atoms with Crippen molar-refractivity contribution >= 4 is 76.2 Å². The maximum atomic E-state index is 2.43. The van der Waals surface area contributed by atoms with Crippen molar-refractivity contribution in [1.29, 1.82) is 0 Å². The minimum Gasteiger partial charge on any atom is -0.309 e. The van der Waals surface area contributed by atoms with Crippen LogP contribution in [-0.2, 0) is 0 Å². The van der Waals surface area contributed by atoms with Gasteiger partial charge in [-0.3, -0.25) is 0 Å². The fourth-order valence-electron chi connectivity index (χ4n) is 9.20. The zero-order chi connectivity index (χ0) is 36.0. The van der Waals surface area contributed by atoms with E-state index < -0.39 is 0 Å². The molecule has 12 aromatic rings. The molecule has 0 saturated heterocycles. The summed E-state index contributed by atoms with van der Waals surface area (Å²) in [5, 5.41) is 10.1. The highest BCUT2D eigenvalue weighted by Crippen LogP contribution is 2.40. The van der Waals surface area contributed by atoms with Crippen LogP contribution >= 0.6 is 0 Å². The molecule has 0 saturated carbocycles. The van der Waals surface area contributed by atoms with Gasteiger partial charge >= 0.3 is 0 Å². The minimum absolute atomic E-state index is 1.14. The topological polar surface area (TPSA) is 14.8 Å². The number of para-hydroxylation sites is 4. The standard InChI is InChI=1S/C52H33N3/c1-2-14-39-34(12-1)13-11-23-46(39)55-50-22-10-6-18-43(50)45-33-36(25-31-52(45)55)35-24-30-51-44(32-35)42-17-5-9-21-49(42)54(51)38-28-26-37(27-29-38)53-47-19-7-3-15-40(47)41-16-4-8-20-48(41)53/h1-33H. The first-order chi connectivity index (χ1) is 27.3. The molecule has 3 nitrogen and oxygen atoms in total. The number of fused-ring (bicyclic) bond motifs is 10. The van der Waals surface area contributed by atoms with Crippen LogP contribution in [0.5, 0.6) is 0 Å². The van der Waals surface area contributed by atoms with Crippen molar-refractivity contribution in [1.82, 2.24) is 13.7 Å². The normalized spacial score (nSPS) is 12.0. The molecule has 0 aliphatic carbocycles. The predicted octanol–water partition coefficient (Wildman–Crippen LogP) is 13.8. The Morgan fingerprint density at radius 2 is 0.600 bits per heavy atom. The molecule has 0 fully saturated rings. The van der Waals surface area contributed by atoms with Crippen LogP contribution in [0.1, 0.15) is 0 Å². The summed E-state index contributed by atoms with van der Waals surface area (Å²) < 4.78 is 7.22. The first-order valence-corrected chi connectivity index (χ1v) is 18.9. The Morgan fingerprint density at radius 3 is 1.11 bits per heavy atom. The predicted molar refractivity (Wildman–Crippen MR) is 232 cm³/mol. The van der Waals surface area contributed by atoms with Gasteiger partial charge in [-0.15, -0.1) is 0 Å². The maximum Gasteiger partial charge on any atom is 0.0541 e. The van der Waals surface area contributed by atoms with E-state index in [4.69, 9.17) is 0 Å². The highest BCUT2D eigenvalue weighted by atomic mass is 15.0. The van der Waals surface area contributed by atoms with Gasteiger partial charge in [0.25, 0.3) is 0 Å². The number of aromatic nitrogens is 3. The molecule has 0 amide bonds. The first kappa shape index (κ1) is 30.1. The zero-order valence-corrected chi connectivity index (χ0v) is 29.9. The van der Waals surface area contributed by atoms with Crippen LogP contribution in [0.4, 0.5) is 0 Å². The fraction of sp³-hybridized carbons (Fsp3) is 0. The van der Waals surface area contributed by atoms with E-state index in [2.05, 4.69) is 214 Å². The summed E-state index contributed by atoms with van der Waals surface area (Å²) in [5.41, 5.74) is 13.2. The van der Waals surface area contributed by atoms with Gasteiger partial charge in [-0.05, 0) is 95.4 Å². The van der Waals surface area contributed by atoms with E-state index in [9.17, 15) is 0 Å². The van der Waals surface area contributed by atoms with Crippen LogP contribution in [0, 0.1) is 0 Å². The van der Waals surface area contributed by atoms with E-state index in [0.717, 1.165) is 11.4 Å². The van der Waals surface area contributed by atoms with Crippen LogP contribution in [0.25, 0.3) is 104 Å². The molecule has 0 unspecified atom stereocenters. The van der Waals surface area contributed by atoms with Crippen LogP contribution in [0.2, 0.25) is 0 Å². The Morgan fingerprint density at radius 1 is 0.236 bits per heavy atom.